The normalized spacial score (nSPS) is 10.7. The molecule has 0 fully saturated rings. The molecule has 0 unspecified atom stereocenters. The number of amides is 1. The Morgan fingerprint density at radius 3 is 2.62 bits per heavy atom. The minimum Gasteiger partial charge on any atom is -0.367 e. The molecule has 1 aromatic carbocycles. The Bertz CT molecular complexity index is 1070. The third-order valence-corrected chi connectivity index (χ3v) is 4.29. The molecule has 0 aliphatic rings. The zero-order valence-electron chi connectivity index (χ0n) is 15.9. The minimum absolute atomic E-state index is 0.177. The van der Waals surface area contributed by atoms with Crippen LogP contribution in [0, 0.1) is 0 Å². The number of carbonyl (C=O) groups is 1. The summed E-state index contributed by atoms with van der Waals surface area (Å²) in [7, 11) is 1.76. The molecule has 0 saturated heterocycles. The first kappa shape index (κ1) is 18.4. The molecule has 9 nitrogen and oxygen atoms in total. The number of rotatable bonds is 7. The van der Waals surface area contributed by atoms with Crippen molar-refractivity contribution < 1.29 is 4.79 Å². The van der Waals surface area contributed by atoms with Crippen molar-refractivity contribution >= 4 is 11.7 Å². The van der Waals surface area contributed by atoms with E-state index in [2.05, 4.69) is 31.0 Å². The van der Waals surface area contributed by atoms with E-state index >= 15 is 0 Å². The highest BCUT2D eigenvalue weighted by atomic mass is 16.2. The minimum atomic E-state index is -0.177. The van der Waals surface area contributed by atoms with Crippen molar-refractivity contribution in [2.75, 3.05) is 18.4 Å². The molecule has 0 aliphatic carbocycles. The largest absolute Gasteiger partial charge is 0.367 e. The summed E-state index contributed by atoms with van der Waals surface area (Å²) in [6, 6.07) is 17.0. The average molecular weight is 388 g/mol. The number of aromatic nitrogens is 6. The van der Waals surface area contributed by atoms with Crippen LogP contribution in [-0.4, -0.2) is 48.8 Å². The molecule has 0 spiro atoms. The van der Waals surface area contributed by atoms with Gasteiger partial charge in [0.1, 0.15) is 11.5 Å². The molecule has 1 amide bonds. The molecule has 0 radical (unpaired) electrons. The molecule has 0 saturated carbocycles. The highest BCUT2D eigenvalue weighted by molar-refractivity contribution is 5.93. The molecule has 2 N–H and O–H groups in total. The van der Waals surface area contributed by atoms with Crippen molar-refractivity contribution in [2.24, 2.45) is 7.05 Å². The molecule has 29 heavy (non-hydrogen) atoms. The van der Waals surface area contributed by atoms with Crippen LogP contribution in [0.1, 0.15) is 10.5 Å². The zero-order valence-corrected chi connectivity index (χ0v) is 15.9. The van der Waals surface area contributed by atoms with Gasteiger partial charge in [0.05, 0.1) is 5.69 Å². The maximum atomic E-state index is 12.5. The van der Waals surface area contributed by atoms with Crippen LogP contribution in [0.4, 0.5) is 5.82 Å². The van der Waals surface area contributed by atoms with Gasteiger partial charge in [-0.1, -0.05) is 30.3 Å². The van der Waals surface area contributed by atoms with E-state index in [-0.39, 0.29) is 5.91 Å². The SMILES string of the molecule is Cn1nc(-c2ccccc2)cc1C(=O)NCCNc1ccc(-n2cccn2)nn1. The fraction of sp³-hybridized carbons (Fsp3) is 0.150. The third kappa shape index (κ3) is 4.29. The first-order valence-corrected chi connectivity index (χ1v) is 9.16. The van der Waals surface area contributed by atoms with Crippen molar-refractivity contribution in [1.82, 2.24) is 35.1 Å². The molecule has 0 bridgehead atoms. The Labute approximate surface area is 167 Å². The second-order valence-electron chi connectivity index (χ2n) is 6.31. The summed E-state index contributed by atoms with van der Waals surface area (Å²) in [4.78, 5) is 12.5. The quantitative estimate of drug-likeness (QED) is 0.469. The van der Waals surface area contributed by atoms with E-state index in [4.69, 9.17) is 0 Å². The van der Waals surface area contributed by atoms with E-state index in [0.717, 1.165) is 11.3 Å². The lowest BCUT2D eigenvalue weighted by Gasteiger charge is -2.07. The van der Waals surface area contributed by atoms with E-state index in [9.17, 15) is 4.79 Å². The zero-order chi connectivity index (χ0) is 20.1. The van der Waals surface area contributed by atoms with Crippen molar-refractivity contribution in [1.29, 1.82) is 0 Å². The molecule has 146 valence electrons. The monoisotopic (exact) mass is 388 g/mol. The van der Waals surface area contributed by atoms with Gasteiger partial charge in [0.25, 0.3) is 5.91 Å². The smallest absolute Gasteiger partial charge is 0.269 e. The fourth-order valence-electron chi connectivity index (χ4n) is 2.83. The number of anilines is 1. The summed E-state index contributed by atoms with van der Waals surface area (Å²) in [5.41, 5.74) is 2.25. The number of hydrogen-bond acceptors (Lipinski definition) is 6. The van der Waals surface area contributed by atoms with Gasteiger partial charge in [-0.25, -0.2) is 4.68 Å². The van der Waals surface area contributed by atoms with Crippen LogP contribution in [-0.2, 0) is 7.05 Å². The van der Waals surface area contributed by atoms with Gasteiger partial charge in [-0.05, 0) is 24.3 Å². The van der Waals surface area contributed by atoms with Crippen LogP contribution in [0.2, 0.25) is 0 Å². The van der Waals surface area contributed by atoms with Crippen LogP contribution in [0.15, 0.2) is 67.0 Å². The number of carbonyl (C=O) groups excluding carboxylic acids is 1. The number of nitrogens with one attached hydrogen (secondary N) is 2. The second kappa shape index (κ2) is 8.34. The van der Waals surface area contributed by atoms with Gasteiger partial charge >= 0.3 is 0 Å². The van der Waals surface area contributed by atoms with E-state index in [1.165, 1.54) is 0 Å². The van der Waals surface area contributed by atoms with Gasteiger partial charge in [0, 0.05) is 38.1 Å². The van der Waals surface area contributed by atoms with Crippen LogP contribution in [0.25, 0.3) is 17.1 Å². The number of aryl methyl sites for hydroxylation is 1. The predicted molar refractivity (Wildman–Crippen MR) is 109 cm³/mol. The molecule has 0 aliphatic heterocycles. The lowest BCUT2D eigenvalue weighted by atomic mass is 10.1. The van der Waals surface area contributed by atoms with E-state index in [0.29, 0.717) is 30.4 Å². The Balaban J connectivity index is 1.29. The Morgan fingerprint density at radius 2 is 1.90 bits per heavy atom. The molecule has 3 aromatic heterocycles. The first-order valence-electron chi connectivity index (χ1n) is 9.16. The van der Waals surface area contributed by atoms with Crippen LogP contribution in [0.3, 0.4) is 0 Å². The van der Waals surface area contributed by atoms with Crippen LogP contribution in [0.5, 0.6) is 0 Å². The molecular weight excluding hydrogens is 368 g/mol. The molecular formula is C20H20N8O. The standard InChI is InChI=1S/C20H20N8O/c1-27-17(14-16(26-27)15-6-3-2-4-7-15)20(29)22-12-11-21-18-8-9-19(25-24-18)28-13-5-10-23-28/h2-10,13-14H,11-12H2,1H3,(H,21,24)(H,22,29). The molecule has 4 aromatic rings. The highest BCUT2D eigenvalue weighted by Crippen LogP contribution is 2.18. The van der Waals surface area contributed by atoms with Crippen LogP contribution < -0.4 is 10.6 Å². The summed E-state index contributed by atoms with van der Waals surface area (Å²) in [6.07, 6.45) is 3.48. The van der Waals surface area contributed by atoms with Crippen molar-refractivity contribution in [3.63, 3.8) is 0 Å². The summed E-state index contributed by atoms with van der Waals surface area (Å²) < 4.78 is 3.22. The molecule has 0 atom stereocenters. The van der Waals surface area contributed by atoms with Crippen LogP contribution >= 0.6 is 0 Å². The Kier molecular flexibility index (Phi) is 5.28. The Morgan fingerprint density at radius 1 is 1.03 bits per heavy atom. The van der Waals surface area contributed by atoms with Gasteiger partial charge in [-0.3, -0.25) is 9.48 Å². The third-order valence-electron chi connectivity index (χ3n) is 4.29. The van der Waals surface area contributed by atoms with Crippen molar-refractivity contribution in [2.45, 2.75) is 0 Å². The average Bonchev–Trinajstić information content (AvgIpc) is 3.42. The van der Waals surface area contributed by atoms with Gasteiger partial charge < -0.3 is 10.6 Å². The van der Waals surface area contributed by atoms with E-state index in [1.807, 2.05) is 48.5 Å². The van der Waals surface area contributed by atoms with Crippen molar-refractivity contribution in [3.8, 4) is 17.1 Å². The number of nitrogens with zero attached hydrogens (tertiary/aromatic N) is 6. The lowest BCUT2D eigenvalue weighted by molar-refractivity contribution is 0.0946. The van der Waals surface area contributed by atoms with Crippen molar-refractivity contribution in [3.05, 3.63) is 72.7 Å². The maximum Gasteiger partial charge on any atom is 0.269 e. The molecule has 9 heteroatoms. The maximum absolute atomic E-state index is 12.5. The summed E-state index contributed by atoms with van der Waals surface area (Å²) >= 11 is 0. The lowest BCUT2D eigenvalue weighted by Crippen LogP contribution is -2.30. The predicted octanol–water partition coefficient (Wildman–Crippen LogP) is 1.90. The van der Waals surface area contributed by atoms with E-state index < -0.39 is 0 Å². The first-order chi connectivity index (χ1) is 14.2. The molecule has 3 heterocycles. The van der Waals surface area contributed by atoms with E-state index in [1.54, 1.807) is 34.9 Å². The van der Waals surface area contributed by atoms with Gasteiger partial charge in [-0.15, -0.1) is 10.2 Å². The Hall–Kier alpha value is -4.01. The molecule has 4 rings (SSSR count). The van der Waals surface area contributed by atoms with Gasteiger partial charge in [0.2, 0.25) is 0 Å². The fourth-order valence-corrected chi connectivity index (χ4v) is 2.83. The summed E-state index contributed by atoms with van der Waals surface area (Å²) in [5, 5.41) is 22.8. The number of hydrogen-bond donors (Lipinski definition) is 2. The van der Waals surface area contributed by atoms with Gasteiger partial charge in [0.15, 0.2) is 5.82 Å². The highest BCUT2D eigenvalue weighted by Gasteiger charge is 2.13. The second-order valence-corrected chi connectivity index (χ2v) is 6.31. The topological polar surface area (TPSA) is 103 Å². The number of benzene rings is 1. The summed E-state index contributed by atoms with van der Waals surface area (Å²) in [6.45, 7) is 0.957. The van der Waals surface area contributed by atoms with Gasteiger partial charge in [-0.2, -0.15) is 10.2 Å². The summed E-state index contributed by atoms with van der Waals surface area (Å²) in [5.74, 6) is 1.09.